The van der Waals surface area contributed by atoms with E-state index in [0.29, 0.717) is 23.6 Å². The standard InChI is InChI=1S/C12H16ClN5S/c13-9-5-2-6-15-10(9)7-16-12(18-11(14)19)17-8-3-1-4-8/h2,5-6,8H,1,3-4,7H2,(H4,14,16,17,18,19). The second-order valence-corrected chi connectivity index (χ2v) is 5.21. The minimum Gasteiger partial charge on any atom is -0.376 e. The monoisotopic (exact) mass is 297 g/mol. The van der Waals surface area contributed by atoms with Crippen molar-refractivity contribution in [2.24, 2.45) is 10.7 Å². The zero-order valence-corrected chi connectivity index (χ0v) is 12.0. The fraction of sp³-hybridized carbons (Fsp3) is 0.417. The van der Waals surface area contributed by atoms with Crippen molar-refractivity contribution in [1.82, 2.24) is 15.6 Å². The Balaban J connectivity index is 2.01. The number of aromatic nitrogens is 1. The van der Waals surface area contributed by atoms with Gasteiger partial charge in [-0.15, -0.1) is 0 Å². The van der Waals surface area contributed by atoms with Gasteiger partial charge in [-0.2, -0.15) is 0 Å². The molecule has 1 heterocycles. The van der Waals surface area contributed by atoms with Crippen LogP contribution in [0.15, 0.2) is 23.3 Å². The lowest BCUT2D eigenvalue weighted by molar-refractivity contribution is 0.381. The van der Waals surface area contributed by atoms with Crippen LogP contribution in [0.5, 0.6) is 0 Å². The molecule has 4 N–H and O–H groups in total. The summed E-state index contributed by atoms with van der Waals surface area (Å²) in [6, 6.07) is 4.02. The molecule has 0 aliphatic heterocycles. The summed E-state index contributed by atoms with van der Waals surface area (Å²) in [6.45, 7) is 0.379. The van der Waals surface area contributed by atoms with Crippen LogP contribution < -0.4 is 16.4 Å². The summed E-state index contributed by atoms with van der Waals surface area (Å²) < 4.78 is 0. The molecule has 0 aromatic carbocycles. The van der Waals surface area contributed by atoms with E-state index in [2.05, 4.69) is 20.6 Å². The smallest absolute Gasteiger partial charge is 0.198 e. The Labute approximate surface area is 122 Å². The summed E-state index contributed by atoms with van der Waals surface area (Å²) in [4.78, 5) is 8.58. The number of rotatable bonds is 3. The second kappa shape index (κ2) is 6.68. The maximum absolute atomic E-state index is 6.03. The summed E-state index contributed by atoms with van der Waals surface area (Å²) >= 11 is 10.9. The summed E-state index contributed by atoms with van der Waals surface area (Å²) in [5.74, 6) is 0.582. The Bertz CT molecular complexity index is 487. The Morgan fingerprint density at radius 3 is 2.95 bits per heavy atom. The van der Waals surface area contributed by atoms with Gasteiger partial charge in [0.1, 0.15) is 0 Å². The summed E-state index contributed by atoms with van der Waals surface area (Å²) in [5.41, 5.74) is 6.21. The first kappa shape index (κ1) is 14.0. The van der Waals surface area contributed by atoms with E-state index in [4.69, 9.17) is 29.6 Å². The topological polar surface area (TPSA) is 75.3 Å². The molecule has 102 valence electrons. The number of guanidine groups is 1. The lowest BCUT2D eigenvalue weighted by Gasteiger charge is -2.28. The van der Waals surface area contributed by atoms with E-state index in [9.17, 15) is 0 Å². The molecule has 2 rings (SSSR count). The zero-order chi connectivity index (χ0) is 13.7. The van der Waals surface area contributed by atoms with Gasteiger partial charge in [-0.05, 0) is 43.6 Å². The van der Waals surface area contributed by atoms with Crippen LogP contribution >= 0.6 is 23.8 Å². The third-order valence-electron chi connectivity index (χ3n) is 2.91. The molecule has 0 amide bonds. The van der Waals surface area contributed by atoms with Crippen LogP contribution in [0, 0.1) is 0 Å². The predicted octanol–water partition coefficient (Wildman–Crippen LogP) is 1.57. The summed E-state index contributed by atoms with van der Waals surface area (Å²) in [6.07, 6.45) is 5.21. The van der Waals surface area contributed by atoms with Gasteiger partial charge in [-0.3, -0.25) is 4.98 Å². The van der Waals surface area contributed by atoms with Gasteiger partial charge in [0.25, 0.3) is 0 Å². The molecule has 1 aromatic heterocycles. The molecule has 0 spiro atoms. The van der Waals surface area contributed by atoms with Gasteiger partial charge in [0.05, 0.1) is 17.3 Å². The van der Waals surface area contributed by atoms with Crippen LogP contribution in [0.25, 0.3) is 0 Å². The average Bonchev–Trinajstić information content (AvgIpc) is 2.31. The number of nitrogens with two attached hydrogens (primary N) is 1. The Morgan fingerprint density at radius 2 is 2.37 bits per heavy atom. The molecule has 1 aromatic rings. The molecule has 1 aliphatic carbocycles. The van der Waals surface area contributed by atoms with Crippen LogP contribution in [0.3, 0.4) is 0 Å². The van der Waals surface area contributed by atoms with Crippen molar-refractivity contribution in [3.05, 3.63) is 29.0 Å². The lowest BCUT2D eigenvalue weighted by Crippen LogP contribution is -2.49. The van der Waals surface area contributed by atoms with Crippen molar-refractivity contribution in [1.29, 1.82) is 0 Å². The molecule has 0 unspecified atom stereocenters. The van der Waals surface area contributed by atoms with E-state index >= 15 is 0 Å². The normalized spacial score (nSPS) is 15.7. The van der Waals surface area contributed by atoms with Gasteiger partial charge < -0.3 is 16.4 Å². The van der Waals surface area contributed by atoms with E-state index < -0.39 is 0 Å². The maximum Gasteiger partial charge on any atom is 0.198 e. The fourth-order valence-corrected chi connectivity index (χ4v) is 1.95. The van der Waals surface area contributed by atoms with Crippen molar-refractivity contribution >= 4 is 34.9 Å². The fourth-order valence-electron chi connectivity index (χ4n) is 1.67. The largest absolute Gasteiger partial charge is 0.376 e. The quantitative estimate of drug-likeness (QED) is 0.448. The van der Waals surface area contributed by atoms with Crippen LogP contribution in [-0.2, 0) is 6.54 Å². The number of nitrogens with zero attached hydrogens (tertiary/aromatic N) is 2. The summed E-state index contributed by atoms with van der Waals surface area (Å²) in [7, 11) is 0. The van der Waals surface area contributed by atoms with Crippen molar-refractivity contribution in [3.63, 3.8) is 0 Å². The van der Waals surface area contributed by atoms with Crippen molar-refractivity contribution in [2.75, 3.05) is 0 Å². The highest BCUT2D eigenvalue weighted by molar-refractivity contribution is 7.80. The molecule has 19 heavy (non-hydrogen) atoms. The molecule has 1 saturated carbocycles. The Kier molecular flexibility index (Phi) is 4.93. The highest BCUT2D eigenvalue weighted by atomic mass is 35.5. The van der Waals surface area contributed by atoms with Gasteiger partial charge in [-0.25, -0.2) is 4.99 Å². The first-order valence-electron chi connectivity index (χ1n) is 6.12. The van der Waals surface area contributed by atoms with Gasteiger partial charge in [0, 0.05) is 12.2 Å². The maximum atomic E-state index is 6.03. The third kappa shape index (κ3) is 4.33. The zero-order valence-electron chi connectivity index (χ0n) is 10.4. The van der Waals surface area contributed by atoms with Crippen molar-refractivity contribution in [3.8, 4) is 0 Å². The van der Waals surface area contributed by atoms with Crippen LogP contribution in [0.2, 0.25) is 5.02 Å². The van der Waals surface area contributed by atoms with Crippen molar-refractivity contribution < 1.29 is 0 Å². The summed E-state index contributed by atoms with van der Waals surface area (Å²) in [5, 5.41) is 6.91. The SMILES string of the molecule is NC(=S)NC(=NCc1ncccc1Cl)NC1CCC1. The molecule has 5 nitrogen and oxygen atoms in total. The first-order chi connectivity index (χ1) is 9.15. The number of nitrogens with one attached hydrogen (secondary N) is 2. The molecule has 1 fully saturated rings. The van der Waals surface area contributed by atoms with E-state index in [-0.39, 0.29) is 5.11 Å². The van der Waals surface area contributed by atoms with E-state index in [1.165, 1.54) is 6.42 Å². The molecule has 0 saturated heterocycles. The van der Waals surface area contributed by atoms with E-state index in [1.54, 1.807) is 18.3 Å². The van der Waals surface area contributed by atoms with Gasteiger partial charge in [0.15, 0.2) is 11.1 Å². The van der Waals surface area contributed by atoms with Gasteiger partial charge in [-0.1, -0.05) is 11.6 Å². The minimum atomic E-state index is 0.192. The number of thiocarbonyl (C=S) groups is 1. The molecular formula is C12H16ClN5S. The number of hydrogen-bond donors (Lipinski definition) is 3. The average molecular weight is 298 g/mol. The Morgan fingerprint density at radius 1 is 1.58 bits per heavy atom. The predicted molar refractivity (Wildman–Crippen MR) is 81.1 cm³/mol. The van der Waals surface area contributed by atoms with Crippen molar-refractivity contribution in [2.45, 2.75) is 31.8 Å². The van der Waals surface area contributed by atoms with Crippen LogP contribution in [0.4, 0.5) is 0 Å². The highest BCUT2D eigenvalue weighted by Gasteiger charge is 2.18. The van der Waals surface area contributed by atoms with Gasteiger partial charge in [0.2, 0.25) is 0 Å². The van der Waals surface area contributed by atoms with Gasteiger partial charge >= 0.3 is 0 Å². The molecule has 7 heteroatoms. The second-order valence-electron chi connectivity index (χ2n) is 4.36. The number of halogens is 1. The Hall–Kier alpha value is -1.40. The third-order valence-corrected chi connectivity index (χ3v) is 3.36. The molecule has 0 radical (unpaired) electrons. The van der Waals surface area contributed by atoms with Crippen LogP contribution in [0.1, 0.15) is 25.0 Å². The number of aliphatic imine (C=N–C) groups is 1. The lowest BCUT2D eigenvalue weighted by atomic mass is 9.93. The van der Waals surface area contributed by atoms with E-state index in [0.717, 1.165) is 18.5 Å². The molecular weight excluding hydrogens is 282 g/mol. The first-order valence-corrected chi connectivity index (χ1v) is 6.90. The molecule has 0 bridgehead atoms. The van der Waals surface area contributed by atoms with E-state index in [1.807, 2.05) is 0 Å². The molecule has 0 atom stereocenters. The molecule has 1 aliphatic rings. The number of hydrogen-bond acceptors (Lipinski definition) is 3. The number of pyridine rings is 1. The van der Waals surface area contributed by atoms with Crippen LogP contribution in [-0.4, -0.2) is 22.1 Å². The highest BCUT2D eigenvalue weighted by Crippen LogP contribution is 2.18. The minimum absolute atomic E-state index is 0.192.